The summed E-state index contributed by atoms with van der Waals surface area (Å²) in [6.07, 6.45) is 4.88. The van der Waals surface area contributed by atoms with Gasteiger partial charge in [-0.2, -0.15) is 5.10 Å². The molecular weight excluding hydrogens is 732 g/mol. The third kappa shape index (κ3) is 16.2. The summed E-state index contributed by atoms with van der Waals surface area (Å²) in [6.45, 7) is 8.35. The molecule has 3 heterocycles. The molecule has 0 bridgehead atoms. The lowest BCUT2D eigenvalue weighted by Crippen LogP contribution is -2.25. The van der Waals surface area contributed by atoms with Crippen molar-refractivity contribution >= 4 is 28.4 Å². The Morgan fingerprint density at radius 1 is 0.696 bits per heavy atom. The van der Waals surface area contributed by atoms with Crippen LogP contribution in [0.4, 0.5) is 11.5 Å². The minimum Gasteiger partial charge on any atom is -0.506 e. The van der Waals surface area contributed by atoms with E-state index < -0.39 is 0 Å². The van der Waals surface area contributed by atoms with E-state index in [1.165, 1.54) is 12.4 Å². The predicted octanol–water partition coefficient (Wildman–Crippen LogP) is 0.299. The SMILES string of the molecule is NCCOCCOCCOCCOCCOCCOCCOCCOCCC(=O)NCc1ncc(Cn2nc(-c3ccc(O)c(N)c3)c3c(N)ncnc32)cn1. The van der Waals surface area contributed by atoms with E-state index in [1.54, 1.807) is 29.2 Å². The first-order valence-electron chi connectivity index (χ1n) is 18.4. The third-order valence-corrected chi connectivity index (χ3v) is 7.73. The molecular formula is C36H54N10O10. The second-order valence-corrected chi connectivity index (χ2v) is 12.0. The maximum absolute atomic E-state index is 12.3. The molecule has 8 N–H and O–H groups in total. The number of hydrogen-bond acceptors (Lipinski definition) is 18. The lowest BCUT2D eigenvalue weighted by atomic mass is 10.1. The van der Waals surface area contributed by atoms with Crippen molar-refractivity contribution in [3.8, 4) is 17.0 Å². The van der Waals surface area contributed by atoms with Gasteiger partial charge in [-0.1, -0.05) is 0 Å². The quantitative estimate of drug-likeness (QED) is 0.0261. The van der Waals surface area contributed by atoms with Crippen molar-refractivity contribution in [2.75, 3.05) is 124 Å². The summed E-state index contributed by atoms with van der Waals surface area (Å²) in [6, 6.07) is 4.80. The van der Waals surface area contributed by atoms with Crippen molar-refractivity contribution in [1.29, 1.82) is 0 Å². The lowest BCUT2D eigenvalue weighted by Gasteiger charge is -2.09. The zero-order valence-corrected chi connectivity index (χ0v) is 31.6. The Bertz CT molecular complexity index is 1700. The van der Waals surface area contributed by atoms with Gasteiger partial charge in [0.2, 0.25) is 5.91 Å². The highest BCUT2D eigenvalue weighted by molar-refractivity contribution is 5.98. The zero-order chi connectivity index (χ0) is 39.6. The van der Waals surface area contributed by atoms with Crippen molar-refractivity contribution in [3.05, 3.63) is 48.3 Å². The summed E-state index contributed by atoms with van der Waals surface area (Å²) < 4.78 is 45.1. The van der Waals surface area contributed by atoms with Gasteiger partial charge >= 0.3 is 0 Å². The summed E-state index contributed by atoms with van der Waals surface area (Å²) >= 11 is 0. The van der Waals surface area contributed by atoms with Crippen molar-refractivity contribution in [1.82, 2.24) is 35.0 Å². The van der Waals surface area contributed by atoms with Gasteiger partial charge < -0.3 is 65.5 Å². The maximum Gasteiger partial charge on any atom is 0.222 e. The molecule has 0 radical (unpaired) electrons. The van der Waals surface area contributed by atoms with E-state index in [0.29, 0.717) is 140 Å². The van der Waals surface area contributed by atoms with Crippen LogP contribution < -0.4 is 22.5 Å². The number of nitrogens with two attached hydrogens (primary N) is 3. The number of aromatic nitrogens is 6. The summed E-state index contributed by atoms with van der Waals surface area (Å²) in [5.41, 5.74) is 20.1. The minimum absolute atomic E-state index is 0.0280. The van der Waals surface area contributed by atoms with E-state index >= 15 is 0 Å². The van der Waals surface area contributed by atoms with Crippen LogP contribution in [0.3, 0.4) is 0 Å². The first-order chi connectivity index (χ1) is 27.5. The van der Waals surface area contributed by atoms with Gasteiger partial charge in [-0.25, -0.2) is 24.6 Å². The second kappa shape index (κ2) is 26.3. The molecule has 3 aromatic heterocycles. The highest BCUT2D eigenvalue weighted by Crippen LogP contribution is 2.33. The van der Waals surface area contributed by atoms with Crippen LogP contribution in [0.1, 0.15) is 17.8 Å². The number of fused-ring (bicyclic) bond motifs is 1. The molecule has 0 atom stereocenters. The molecule has 0 aliphatic rings. The van der Waals surface area contributed by atoms with Crippen molar-refractivity contribution < 1.29 is 47.8 Å². The average molecular weight is 787 g/mol. The van der Waals surface area contributed by atoms with Gasteiger partial charge in [0, 0.05) is 36.5 Å². The van der Waals surface area contributed by atoms with Gasteiger partial charge in [-0.15, -0.1) is 0 Å². The Morgan fingerprint density at radius 3 is 1.73 bits per heavy atom. The first-order valence-corrected chi connectivity index (χ1v) is 18.4. The molecule has 1 aromatic carbocycles. The Kier molecular flexibility index (Phi) is 20.7. The van der Waals surface area contributed by atoms with Gasteiger partial charge in [0.05, 0.1) is 130 Å². The fourth-order valence-electron chi connectivity index (χ4n) is 4.93. The number of amides is 1. The highest BCUT2D eigenvalue weighted by Gasteiger charge is 2.18. The third-order valence-electron chi connectivity index (χ3n) is 7.73. The number of hydrogen-bond donors (Lipinski definition) is 5. The molecule has 20 nitrogen and oxygen atoms in total. The number of carbonyl (C=O) groups excluding carboxylic acids is 1. The number of anilines is 2. The summed E-state index contributed by atoms with van der Waals surface area (Å²) in [5.74, 6) is 0.505. The number of ether oxygens (including phenoxy) is 8. The number of nitrogen functional groups attached to an aromatic ring is 2. The van der Waals surface area contributed by atoms with E-state index in [-0.39, 0.29) is 42.7 Å². The topological polar surface area (TPSA) is 271 Å². The molecule has 0 spiro atoms. The highest BCUT2D eigenvalue weighted by atomic mass is 16.6. The lowest BCUT2D eigenvalue weighted by molar-refractivity contribution is -0.122. The van der Waals surface area contributed by atoms with Crippen molar-refractivity contribution in [2.45, 2.75) is 19.5 Å². The maximum atomic E-state index is 12.3. The number of phenolic OH excluding ortho intramolecular Hbond substituents is 1. The van der Waals surface area contributed by atoms with E-state index in [0.717, 1.165) is 5.56 Å². The van der Waals surface area contributed by atoms with Crippen molar-refractivity contribution in [2.24, 2.45) is 5.73 Å². The van der Waals surface area contributed by atoms with Crippen LogP contribution in [0.25, 0.3) is 22.3 Å². The summed E-state index contributed by atoms with van der Waals surface area (Å²) in [5, 5.41) is 17.9. The van der Waals surface area contributed by atoms with Crippen LogP contribution in [0.2, 0.25) is 0 Å². The molecule has 0 saturated heterocycles. The predicted molar refractivity (Wildman–Crippen MR) is 204 cm³/mol. The Labute approximate surface area is 325 Å². The van der Waals surface area contributed by atoms with Crippen molar-refractivity contribution in [3.63, 3.8) is 0 Å². The van der Waals surface area contributed by atoms with Crippen LogP contribution in [-0.4, -0.2) is 153 Å². The van der Waals surface area contributed by atoms with Gasteiger partial charge in [0.1, 0.15) is 29.4 Å². The molecule has 0 fully saturated rings. The van der Waals surface area contributed by atoms with Gasteiger partial charge in [0.15, 0.2) is 5.65 Å². The minimum atomic E-state index is -0.184. The number of nitrogens with one attached hydrogen (secondary N) is 1. The molecule has 4 rings (SSSR count). The zero-order valence-electron chi connectivity index (χ0n) is 31.6. The fourth-order valence-corrected chi connectivity index (χ4v) is 4.93. The molecule has 0 aliphatic heterocycles. The molecule has 56 heavy (non-hydrogen) atoms. The average Bonchev–Trinajstić information content (AvgIpc) is 3.57. The molecule has 308 valence electrons. The van der Waals surface area contributed by atoms with Crippen LogP contribution in [0.5, 0.6) is 5.75 Å². The number of aromatic hydroxyl groups is 1. The molecule has 0 aliphatic carbocycles. The van der Waals surface area contributed by atoms with Gasteiger partial charge in [-0.3, -0.25) is 4.79 Å². The van der Waals surface area contributed by atoms with E-state index in [4.69, 9.17) is 60.2 Å². The van der Waals surface area contributed by atoms with Crippen LogP contribution in [0.15, 0.2) is 36.9 Å². The van der Waals surface area contributed by atoms with E-state index in [2.05, 4.69) is 25.3 Å². The molecule has 1 amide bonds. The largest absolute Gasteiger partial charge is 0.506 e. The number of nitrogens with zero attached hydrogens (tertiary/aromatic N) is 6. The first kappa shape index (κ1) is 44.1. The number of phenols is 1. The smallest absolute Gasteiger partial charge is 0.222 e. The Balaban J connectivity index is 0.958. The Morgan fingerprint density at radius 2 is 1.21 bits per heavy atom. The number of rotatable bonds is 31. The monoisotopic (exact) mass is 786 g/mol. The van der Waals surface area contributed by atoms with Crippen LogP contribution in [-0.2, 0) is 55.8 Å². The standard InChI is InChI=1S/C36H54N10O10/c37-4-6-50-8-10-52-12-14-54-16-18-56-20-19-55-17-15-53-13-11-51-9-7-49-5-3-32(48)42-24-31-40-22-27(23-41-31)25-46-36-33(35(39)43-26-44-36)34(45-46)28-1-2-30(47)29(38)21-28/h1-2,21-23,26,47H,3-20,24-25,37-38H2,(H,42,48)(H2,39,43,44). The molecule has 0 unspecified atom stereocenters. The second-order valence-electron chi connectivity index (χ2n) is 12.0. The number of carbonyl (C=O) groups is 1. The van der Waals surface area contributed by atoms with Gasteiger partial charge in [0.25, 0.3) is 0 Å². The van der Waals surface area contributed by atoms with Crippen LogP contribution in [0, 0.1) is 0 Å². The van der Waals surface area contributed by atoms with Gasteiger partial charge in [-0.05, 0) is 18.2 Å². The molecule has 20 heteroatoms. The molecule has 4 aromatic rings. The fraction of sp³-hybridized carbons (Fsp3) is 0.556. The number of benzene rings is 1. The summed E-state index contributed by atoms with van der Waals surface area (Å²) in [7, 11) is 0. The normalized spacial score (nSPS) is 11.4. The van der Waals surface area contributed by atoms with E-state index in [9.17, 15) is 9.90 Å². The Hall–Kier alpha value is -4.64. The summed E-state index contributed by atoms with van der Waals surface area (Å²) in [4.78, 5) is 29.5. The molecule has 0 saturated carbocycles. The van der Waals surface area contributed by atoms with E-state index in [1.807, 2.05) is 0 Å². The van der Waals surface area contributed by atoms with Crippen LogP contribution >= 0.6 is 0 Å².